The average Bonchev–Trinajstić information content (AvgIpc) is 3.23. The highest BCUT2D eigenvalue weighted by atomic mass is 127. The molecule has 0 saturated heterocycles. The summed E-state index contributed by atoms with van der Waals surface area (Å²) in [7, 11) is 0. The number of halogens is 2. The van der Waals surface area contributed by atoms with Crippen LogP contribution in [0, 0.1) is 7.14 Å². The lowest BCUT2D eigenvalue weighted by Crippen LogP contribution is -1.82. The maximum atomic E-state index is 2.52. The fourth-order valence-electron chi connectivity index (χ4n) is 3.92. The molecule has 2 aromatic heterocycles. The van der Waals surface area contributed by atoms with E-state index in [-0.39, 0.29) is 0 Å². The summed E-state index contributed by atoms with van der Waals surface area (Å²) in [6.07, 6.45) is 0. The van der Waals surface area contributed by atoms with Crippen molar-refractivity contribution in [3.63, 3.8) is 0 Å². The van der Waals surface area contributed by atoms with Crippen LogP contribution in [0.2, 0.25) is 0 Å². The van der Waals surface area contributed by atoms with Crippen molar-refractivity contribution >= 4 is 119 Å². The molecule has 0 atom stereocenters. The second-order valence-corrected chi connectivity index (χ2v) is 10.8. The number of benzene rings is 4. The fourth-order valence-corrected chi connectivity index (χ4v) is 7.99. The highest BCUT2D eigenvalue weighted by Gasteiger charge is 2.17. The first-order chi connectivity index (χ1) is 12.7. The van der Waals surface area contributed by atoms with Crippen LogP contribution >= 0.6 is 67.9 Å². The monoisotopic (exact) mass is 592 g/mol. The molecule has 4 heteroatoms. The molecule has 0 fully saturated rings. The molecule has 0 radical (unpaired) electrons. The van der Waals surface area contributed by atoms with Crippen molar-refractivity contribution in [3.8, 4) is 0 Å². The maximum absolute atomic E-state index is 2.52. The van der Waals surface area contributed by atoms with Gasteiger partial charge < -0.3 is 0 Å². The number of rotatable bonds is 0. The lowest BCUT2D eigenvalue weighted by atomic mass is 10.00. The van der Waals surface area contributed by atoms with Crippen LogP contribution in [0.1, 0.15) is 0 Å². The Morgan fingerprint density at radius 2 is 0.962 bits per heavy atom. The van der Waals surface area contributed by atoms with Crippen molar-refractivity contribution in [1.29, 1.82) is 0 Å². The third-order valence-electron chi connectivity index (χ3n) is 5.00. The van der Waals surface area contributed by atoms with Gasteiger partial charge in [-0.15, -0.1) is 22.7 Å². The summed E-state index contributed by atoms with van der Waals surface area (Å²) in [4.78, 5) is 0. The Balaban J connectivity index is 1.99. The van der Waals surface area contributed by atoms with E-state index in [2.05, 4.69) is 106 Å². The lowest BCUT2D eigenvalue weighted by molar-refractivity contribution is 1.84. The van der Waals surface area contributed by atoms with Crippen molar-refractivity contribution in [3.05, 3.63) is 67.8 Å². The third kappa shape index (κ3) is 2.10. The molecular weight excluding hydrogens is 582 g/mol. The van der Waals surface area contributed by atoms with Gasteiger partial charge in [-0.2, -0.15) is 0 Å². The van der Waals surface area contributed by atoms with Gasteiger partial charge in [0.1, 0.15) is 0 Å². The van der Waals surface area contributed by atoms with Gasteiger partial charge in [0.05, 0.1) is 0 Å². The van der Waals surface area contributed by atoms with E-state index in [1.165, 1.54) is 58.3 Å². The largest absolute Gasteiger partial charge is 0.134 e. The SMILES string of the molecule is Ic1cc2c(cc(I)c3sc4ccccc4c32)c2c1sc1ccccc12. The van der Waals surface area contributed by atoms with E-state index in [9.17, 15) is 0 Å². The lowest BCUT2D eigenvalue weighted by Gasteiger charge is -2.07. The Labute approximate surface area is 185 Å². The van der Waals surface area contributed by atoms with E-state index in [1.807, 2.05) is 22.7 Å². The predicted molar refractivity (Wildman–Crippen MR) is 135 cm³/mol. The average molecular weight is 592 g/mol. The van der Waals surface area contributed by atoms with Gasteiger partial charge in [-0.05, 0) is 80.2 Å². The highest BCUT2D eigenvalue weighted by molar-refractivity contribution is 14.1. The number of hydrogen-bond acceptors (Lipinski definition) is 2. The Kier molecular flexibility index (Phi) is 3.56. The molecule has 0 aliphatic heterocycles. The van der Waals surface area contributed by atoms with Crippen LogP contribution in [0.4, 0.5) is 0 Å². The molecule has 0 amide bonds. The summed E-state index contributed by atoms with van der Waals surface area (Å²) < 4.78 is 8.27. The Bertz CT molecular complexity index is 1390. The summed E-state index contributed by atoms with van der Waals surface area (Å²) in [5.41, 5.74) is 0. The molecule has 0 aliphatic rings. The van der Waals surface area contributed by atoms with Gasteiger partial charge in [-0.25, -0.2) is 0 Å². The molecule has 0 unspecified atom stereocenters. The van der Waals surface area contributed by atoms with Gasteiger partial charge in [0, 0.05) is 47.5 Å². The molecule has 4 aromatic carbocycles. The standard InChI is InChI=1S/C22H10I2S2/c23-15-10-14-13(19-11-5-1-3-7-17(11)25-21(15)19)9-16(24)22-20(14)12-6-2-4-8-18(12)26-22/h1-10H. The third-order valence-corrected chi connectivity index (χ3v) is 9.84. The predicted octanol–water partition coefficient (Wildman–Crippen LogP) is 8.78. The molecule has 26 heavy (non-hydrogen) atoms. The zero-order valence-corrected chi connectivity index (χ0v) is 19.3. The van der Waals surface area contributed by atoms with Gasteiger partial charge in [-0.1, -0.05) is 36.4 Å². The quantitative estimate of drug-likeness (QED) is 0.155. The minimum absolute atomic E-state index is 1.35. The molecule has 6 rings (SSSR count). The molecule has 6 aromatic rings. The maximum Gasteiger partial charge on any atom is 0.0495 e. The van der Waals surface area contributed by atoms with Crippen molar-refractivity contribution in [2.24, 2.45) is 0 Å². The molecule has 0 nitrogen and oxygen atoms in total. The van der Waals surface area contributed by atoms with Crippen LogP contribution in [0.15, 0.2) is 60.7 Å². The molecule has 124 valence electrons. The first-order valence-electron chi connectivity index (χ1n) is 8.25. The normalized spacial score (nSPS) is 12.2. The van der Waals surface area contributed by atoms with E-state index in [4.69, 9.17) is 0 Å². The Hall–Kier alpha value is -0.960. The minimum Gasteiger partial charge on any atom is -0.134 e. The molecule has 0 saturated carbocycles. The zero-order valence-electron chi connectivity index (χ0n) is 13.3. The van der Waals surface area contributed by atoms with Crippen LogP contribution in [-0.2, 0) is 0 Å². The van der Waals surface area contributed by atoms with E-state index in [0.29, 0.717) is 0 Å². The van der Waals surface area contributed by atoms with Crippen molar-refractivity contribution < 1.29 is 0 Å². The van der Waals surface area contributed by atoms with Crippen LogP contribution in [-0.4, -0.2) is 0 Å². The van der Waals surface area contributed by atoms with Gasteiger partial charge in [-0.3, -0.25) is 0 Å². The van der Waals surface area contributed by atoms with Crippen LogP contribution in [0.3, 0.4) is 0 Å². The van der Waals surface area contributed by atoms with Crippen molar-refractivity contribution in [2.75, 3.05) is 0 Å². The molecule has 0 aliphatic carbocycles. The van der Waals surface area contributed by atoms with Crippen LogP contribution in [0.25, 0.3) is 51.1 Å². The molecule has 0 spiro atoms. The molecule has 2 heterocycles. The van der Waals surface area contributed by atoms with Gasteiger partial charge in [0.25, 0.3) is 0 Å². The van der Waals surface area contributed by atoms with E-state index in [1.54, 1.807) is 0 Å². The van der Waals surface area contributed by atoms with Gasteiger partial charge in [0.15, 0.2) is 0 Å². The molecule has 0 bridgehead atoms. The second-order valence-electron chi connectivity index (χ2n) is 6.42. The van der Waals surface area contributed by atoms with Gasteiger partial charge in [0.2, 0.25) is 0 Å². The Morgan fingerprint density at radius 3 is 1.42 bits per heavy atom. The van der Waals surface area contributed by atoms with Crippen molar-refractivity contribution in [1.82, 2.24) is 0 Å². The topological polar surface area (TPSA) is 0 Å². The summed E-state index contributed by atoms with van der Waals surface area (Å²) >= 11 is 8.86. The number of thiophene rings is 2. The van der Waals surface area contributed by atoms with E-state index in [0.717, 1.165) is 0 Å². The van der Waals surface area contributed by atoms with E-state index >= 15 is 0 Å². The summed E-state index contributed by atoms with van der Waals surface area (Å²) in [5.74, 6) is 0. The summed E-state index contributed by atoms with van der Waals surface area (Å²) in [6.45, 7) is 0. The van der Waals surface area contributed by atoms with E-state index < -0.39 is 0 Å². The van der Waals surface area contributed by atoms with Crippen LogP contribution < -0.4 is 0 Å². The Morgan fingerprint density at radius 1 is 0.538 bits per heavy atom. The molecule has 0 N–H and O–H groups in total. The van der Waals surface area contributed by atoms with Crippen molar-refractivity contribution in [2.45, 2.75) is 0 Å². The van der Waals surface area contributed by atoms with Gasteiger partial charge >= 0.3 is 0 Å². The second kappa shape index (κ2) is 5.77. The summed E-state index contributed by atoms with van der Waals surface area (Å²) in [5, 5.41) is 8.37. The number of hydrogen-bond donors (Lipinski definition) is 0. The summed E-state index contributed by atoms with van der Waals surface area (Å²) in [6, 6.07) is 22.4. The number of fused-ring (bicyclic) bond motifs is 9. The molecular formula is C22H10I2S2. The first-order valence-corrected chi connectivity index (χ1v) is 12.0. The zero-order chi connectivity index (χ0) is 17.4. The highest BCUT2D eigenvalue weighted by Crippen LogP contribution is 2.46. The smallest absolute Gasteiger partial charge is 0.0495 e. The minimum atomic E-state index is 1.35. The fraction of sp³-hybridized carbons (Fsp3) is 0. The first kappa shape index (κ1) is 16.0. The van der Waals surface area contributed by atoms with Crippen LogP contribution in [0.5, 0.6) is 0 Å².